The van der Waals surface area contributed by atoms with Crippen molar-refractivity contribution in [3.8, 4) is 0 Å². The Labute approximate surface area is 52.6 Å². The molecular formula is C3H6Cl2Hf. The minimum atomic E-state index is -1.97. The second-order valence-corrected chi connectivity index (χ2v) is 14.5. The van der Waals surface area contributed by atoms with Crippen LogP contribution in [0.25, 0.3) is 0 Å². The summed E-state index contributed by atoms with van der Waals surface area (Å²) >= 11 is -1.97. The molecule has 0 aromatic heterocycles. The molecule has 0 aliphatic rings. The van der Waals surface area contributed by atoms with E-state index in [0.717, 1.165) is 0 Å². The first-order valence-corrected chi connectivity index (χ1v) is 12.3. The third-order valence-corrected chi connectivity index (χ3v) is 9.28. The van der Waals surface area contributed by atoms with Crippen LogP contribution in [0.4, 0.5) is 0 Å². The average Bonchev–Trinajstić information content (AvgIpc) is 1.36. The SMILES string of the molecule is C[C](C)=[Hf]([Cl])[Cl]. The molecule has 0 fully saturated rings. The van der Waals surface area contributed by atoms with Gasteiger partial charge in [-0.2, -0.15) is 0 Å². The molecule has 0 saturated heterocycles. The summed E-state index contributed by atoms with van der Waals surface area (Å²) in [6.45, 7) is 3.98. The van der Waals surface area contributed by atoms with Crippen molar-refractivity contribution in [2.75, 3.05) is 0 Å². The first-order chi connectivity index (χ1) is 2.64. The number of rotatable bonds is 0. The van der Waals surface area contributed by atoms with Gasteiger partial charge in [-0.1, -0.05) is 0 Å². The van der Waals surface area contributed by atoms with E-state index in [1.165, 1.54) is 3.26 Å². The Morgan fingerprint density at radius 2 is 1.50 bits per heavy atom. The third kappa shape index (κ3) is 3.51. The van der Waals surface area contributed by atoms with Crippen molar-refractivity contribution in [2.45, 2.75) is 13.8 Å². The third-order valence-electron chi connectivity index (χ3n) is 0.378. The van der Waals surface area contributed by atoms with Crippen molar-refractivity contribution in [1.29, 1.82) is 0 Å². The Kier molecular flexibility index (Phi) is 4.07. The summed E-state index contributed by atoms with van der Waals surface area (Å²) < 4.78 is 1.25. The van der Waals surface area contributed by atoms with E-state index < -0.39 is 18.6 Å². The van der Waals surface area contributed by atoms with Crippen molar-refractivity contribution < 1.29 is 18.6 Å². The monoisotopic (exact) mass is 292 g/mol. The molecule has 0 nitrogen and oxygen atoms in total. The van der Waals surface area contributed by atoms with Crippen LogP contribution in [0.1, 0.15) is 13.8 Å². The van der Waals surface area contributed by atoms with Crippen LogP contribution in [0, 0.1) is 0 Å². The quantitative estimate of drug-likeness (QED) is 0.600. The molecule has 0 rings (SSSR count). The van der Waals surface area contributed by atoms with Gasteiger partial charge in [0.25, 0.3) is 0 Å². The molecule has 0 N–H and O–H groups in total. The molecule has 6 heavy (non-hydrogen) atoms. The van der Waals surface area contributed by atoms with Crippen molar-refractivity contribution in [3.63, 3.8) is 0 Å². The number of halogens is 2. The van der Waals surface area contributed by atoms with E-state index in [1.54, 1.807) is 0 Å². The zero-order valence-electron chi connectivity index (χ0n) is 3.76. The van der Waals surface area contributed by atoms with Gasteiger partial charge in [0, 0.05) is 0 Å². The second-order valence-electron chi connectivity index (χ2n) is 1.26. The fraction of sp³-hybridized carbons (Fsp3) is 0.667. The molecule has 0 aromatic carbocycles. The molecule has 0 aromatic rings. The molecule has 0 bridgehead atoms. The van der Waals surface area contributed by atoms with Crippen LogP contribution in [-0.4, -0.2) is 3.26 Å². The molecule has 0 aliphatic carbocycles. The first-order valence-electron chi connectivity index (χ1n) is 1.63. The minimum absolute atomic E-state index is 1.25. The van der Waals surface area contributed by atoms with E-state index in [1.807, 2.05) is 13.8 Å². The van der Waals surface area contributed by atoms with Gasteiger partial charge >= 0.3 is 52.8 Å². The van der Waals surface area contributed by atoms with Crippen LogP contribution in [0.15, 0.2) is 0 Å². The van der Waals surface area contributed by atoms with E-state index in [4.69, 9.17) is 17.2 Å². The summed E-state index contributed by atoms with van der Waals surface area (Å²) in [6.07, 6.45) is 0. The van der Waals surface area contributed by atoms with Gasteiger partial charge in [0.2, 0.25) is 0 Å². The average molecular weight is 291 g/mol. The van der Waals surface area contributed by atoms with Gasteiger partial charge in [-0.25, -0.2) is 0 Å². The summed E-state index contributed by atoms with van der Waals surface area (Å²) in [5.74, 6) is 0. The van der Waals surface area contributed by atoms with E-state index in [0.29, 0.717) is 0 Å². The van der Waals surface area contributed by atoms with Crippen LogP contribution in [-0.2, 0) is 18.6 Å². The van der Waals surface area contributed by atoms with Crippen LogP contribution in [0.5, 0.6) is 0 Å². The summed E-state index contributed by atoms with van der Waals surface area (Å²) in [6, 6.07) is 0. The zero-order chi connectivity index (χ0) is 5.15. The fourth-order valence-electron chi connectivity index (χ4n) is 0. The normalized spacial score (nSPS) is 8.00. The molecule has 0 heterocycles. The van der Waals surface area contributed by atoms with Gasteiger partial charge in [0.1, 0.15) is 0 Å². The van der Waals surface area contributed by atoms with E-state index in [9.17, 15) is 0 Å². The molecule has 0 radical (unpaired) electrons. The van der Waals surface area contributed by atoms with Crippen LogP contribution >= 0.6 is 17.2 Å². The first kappa shape index (κ1) is 7.32. The van der Waals surface area contributed by atoms with E-state index in [-0.39, 0.29) is 0 Å². The fourth-order valence-corrected chi connectivity index (χ4v) is 0. The Morgan fingerprint density at radius 1 is 1.33 bits per heavy atom. The van der Waals surface area contributed by atoms with Crippen LogP contribution in [0.2, 0.25) is 0 Å². The Morgan fingerprint density at radius 3 is 1.50 bits per heavy atom. The topological polar surface area (TPSA) is 0 Å². The number of hydrogen-bond donors (Lipinski definition) is 0. The zero-order valence-corrected chi connectivity index (χ0v) is 8.86. The van der Waals surface area contributed by atoms with Crippen molar-refractivity contribution in [1.82, 2.24) is 0 Å². The van der Waals surface area contributed by atoms with Gasteiger partial charge in [0.05, 0.1) is 0 Å². The Bertz CT molecular complexity index is 58.9. The predicted octanol–water partition coefficient (Wildman–Crippen LogP) is 2.12. The second kappa shape index (κ2) is 3.34. The van der Waals surface area contributed by atoms with Crippen molar-refractivity contribution in [3.05, 3.63) is 0 Å². The molecule has 36 valence electrons. The van der Waals surface area contributed by atoms with Crippen molar-refractivity contribution >= 4 is 20.4 Å². The van der Waals surface area contributed by atoms with E-state index >= 15 is 0 Å². The summed E-state index contributed by atoms with van der Waals surface area (Å²) in [5, 5.41) is 0. The maximum absolute atomic E-state index is 5.55. The van der Waals surface area contributed by atoms with Gasteiger partial charge < -0.3 is 0 Å². The summed E-state index contributed by atoms with van der Waals surface area (Å²) in [5.41, 5.74) is 0. The van der Waals surface area contributed by atoms with Crippen molar-refractivity contribution in [2.24, 2.45) is 0 Å². The van der Waals surface area contributed by atoms with Gasteiger partial charge in [-0.3, -0.25) is 0 Å². The number of hydrogen-bond acceptors (Lipinski definition) is 0. The molecule has 3 heteroatoms. The standard InChI is InChI=1S/C3H6.2ClH.Hf/c1-3-2;;;/h1-2H3;2*1H;/q;;;+2/p-2. The molecule has 0 amide bonds. The van der Waals surface area contributed by atoms with Gasteiger partial charge in [-0.15, -0.1) is 0 Å². The maximum atomic E-state index is 5.55. The van der Waals surface area contributed by atoms with Crippen LogP contribution in [0.3, 0.4) is 0 Å². The Hall–Kier alpha value is 1.32. The predicted molar refractivity (Wildman–Crippen MR) is 28.1 cm³/mol. The van der Waals surface area contributed by atoms with Gasteiger partial charge in [-0.05, 0) is 0 Å². The molecule has 0 unspecified atom stereocenters. The molecule has 0 spiro atoms. The summed E-state index contributed by atoms with van der Waals surface area (Å²) in [4.78, 5) is 0. The molecule has 0 atom stereocenters. The van der Waals surface area contributed by atoms with E-state index in [2.05, 4.69) is 0 Å². The van der Waals surface area contributed by atoms with Gasteiger partial charge in [0.15, 0.2) is 0 Å². The van der Waals surface area contributed by atoms with Crippen LogP contribution < -0.4 is 0 Å². The molecule has 0 saturated carbocycles. The summed E-state index contributed by atoms with van der Waals surface area (Å²) in [7, 11) is 11.1. The Balaban J connectivity index is 3.68. The molecule has 0 aliphatic heterocycles. The molecular weight excluding hydrogens is 285 g/mol.